The molecular formula is C18H19N3O3. The second-order valence-corrected chi connectivity index (χ2v) is 5.89. The standard InChI is InChI=1S/C18H19N3O3/c19-10-2-1-9-14(16(20)22)21-17(23)12-7-3-5-11-6-4-8-13(15(11)12)18(21)24/h3-8,14H,1-2,9-10,19H2,(H2,20,22). The second-order valence-electron chi connectivity index (χ2n) is 5.89. The molecule has 2 aromatic carbocycles. The summed E-state index contributed by atoms with van der Waals surface area (Å²) in [6.07, 6.45) is 1.64. The van der Waals surface area contributed by atoms with Crippen LogP contribution in [0.25, 0.3) is 10.8 Å². The van der Waals surface area contributed by atoms with E-state index in [2.05, 4.69) is 0 Å². The summed E-state index contributed by atoms with van der Waals surface area (Å²) >= 11 is 0. The van der Waals surface area contributed by atoms with Crippen molar-refractivity contribution in [2.24, 2.45) is 11.5 Å². The third-order valence-corrected chi connectivity index (χ3v) is 4.37. The molecule has 0 spiro atoms. The van der Waals surface area contributed by atoms with Crippen molar-refractivity contribution in [1.82, 2.24) is 4.90 Å². The van der Waals surface area contributed by atoms with Gasteiger partial charge in [0.15, 0.2) is 0 Å². The zero-order chi connectivity index (χ0) is 17.3. The normalized spacial score (nSPS) is 15.0. The highest BCUT2D eigenvalue weighted by atomic mass is 16.2. The van der Waals surface area contributed by atoms with Gasteiger partial charge in [-0.3, -0.25) is 19.3 Å². The van der Waals surface area contributed by atoms with Gasteiger partial charge in [0.1, 0.15) is 6.04 Å². The van der Waals surface area contributed by atoms with Gasteiger partial charge in [0.05, 0.1) is 0 Å². The summed E-state index contributed by atoms with van der Waals surface area (Å²) in [4.78, 5) is 38.6. The van der Waals surface area contributed by atoms with Crippen molar-refractivity contribution >= 4 is 28.5 Å². The van der Waals surface area contributed by atoms with Crippen molar-refractivity contribution in [1.29, 1.82) is 0 Å². The number of amides is 3. The number of primary amides is 1. The number of carbonyl (C=O) groups is 3. The van der Waals surface area contributed by atoms with Crippen LogP contribution in [0.3, 0.4) is 0 Å². The Morgan fingerprint density at radius 2 is 1.58 bits per heavy atom. The van der Waals surface area contributed by atoms with E-state index in [1.54, 1.807) is 24.3 Å². The molecule has 1 aliphatic heterocycles. The summed E-state index contributed by atoms with van der Waals surface area (Å²) < 4.78 is 0. The third-order valence-electron chi connectivity index (χ3n) is 4.37. The van der Waals surface area contributed by atoms with Gasteiger partial charge in [-0.2, -0.15) is 0 Å². The maximum Gasteiger partial charge on any atom is 0.262 e. The molecule has 4 N–H and O–H groups in total. The van der Waals surface area contributed by atoms with Crippen LogP contribution < -0.4 is 11.5 Å². The topological polar surface area (TPSA) is 106 Å². The highest BCUT2D eigenvalue weighted by molar-refractivity contribution is 6.26. The molecule has 124 valence electrons. The van der Waals surface area contributed by atoms with Gasteiger partial charge < -0.3 is 11.5 Å². The van der Waals surface area contributed by atoms with E-state index < -0.39 is 23.8 Å². The second kappa shape index (κ2) is 6.41. The van der Waals surface area contributed by atoms with Crippen LogP contribution in [-0.4, -0.2) is 35.2 Å². The quantitative estimate of drug-likeness (QED) is 0.618. The molecule has 0 fully saturated rings. The van der Waals surface area contributed by atoms with Crippen molar-refractivity contribution in [3.63, 3.8) is 0 Å². The minimum absolute atomic E-state index is 0.322. The van der Waals surface area contributed by atoms with Crippen molar-refractivity contribution in [3.05, 3.63) is 47.5 Å². The Hall–Kier alpha value is -2.73. The van der Waals surface area contributed by atoms with Gasteiger partial charge >= 0.3 is 0 Å². The van der Waals surface area contributed by atoms with E-state index >= 15 is 0 Å². The van der Waals surface area contributed by atoms with Gasteiger partial charge in [0.25, 0.3) is 11.8 Å². The average Bonchev–Trinajstić information content (AvgIpc) is 2.58. The summed E-state index contributed by atoms with van der Waals surface area (Å²) in [5.74, 6) is -1.62. The van der Waals surface area contributed by atoms with E-state index in [9.17, 15) is 14.4 Å². The van der Waals surface area contributed by atoms with Gasteiger partial charge in [-0.05, 0) is 43.3 Å². The molecule has 0 aliphatic carbocycles. The first-order valence-electron chi connectivity index (χ1n) is 7.95. The molecular weight excluding hydrogens is 306 g/mol. The molecule has 0 aromatic heterocycles. The minimum Gasteiger partial charge on any atom is -0.368 e. The molecule has 24 heavy (non-hydrogen) atoms. The Morgan fingerprint density at radius 3 is 2.08 bits per heavy atom. The molecule has 3 rings (SSSR count). The van der Waals surface area contributed by atoms with Gasteiger partial charge in [0.2, 0.25) is 5.91 Å². The van der Waals surface area contributed by atoms with Gasteiger partial charge in [-0.25, -0.2) is 0 Å². The lowest BCUT2D eigenvalue weighted by atomic mass is 9.92. The van der Waals surface area contributed by atoms with Crippen molar-refractivity contribution in [3.8, 4) is 0 Å². The van der Waals surface area contributed by atoms with E-state index in [0.717, 1.165) is 10.3 Å². The van der Waals surface area contributed by atoms with Crippen molar-refractivity contribution in [2.45, 2.75) is 25.3 Å². The summed E-state index contributed by atoms with van der Waals surface area (Å²) in [5, 5.41) is 1.46. The molecule has 0 bridgehead atoms. The number of carbonyl (C=O) groups excluding carboxylic acids is 3. The van der Waals surface area contributed by atoms with Crippen LogP contribution in [0.15, 0.2) is 36.4 Å². The Bertz CT molecular complexity index is 781. The van der Waals surface area contributed by atoms with E-state index in [1.165, 1.54) is 0 Å². The first kappa shape index (κ1) is 16.1. The molecule has 0 saturated carbocycles. The fourth-order valence-corrected chi connectivity index (χ4v) is 3.21. The lowest BCUT2D eigenvalue weighted by molar-refractivity contribution is -0.122. The number of rotatable bonds is 6. The molecule has 0 saturated heterocycles. The highest BCUT2D eigenvalue weighted by Gasteiger charge is 2.39. The number of nitrogens with zero attached hydrogens (tertiary/aromatic N) is 1. The summed E-state index contributed by atoms with van der Waals surface area (Å²) in [6.45, 7) is 0.482. The lowest BCUT2D eigenvalue weighted by Gasteiger charge is -2.32. The highest BCUT2D eigenvalue weighted by Crippen LogP contribution is 2.31. The molecule has 6 nitrogen and oxygen atoms in total. The van der Waals surface area contributed by atoms with Gasteiger partial charge in [-0.15, -0.1) is 0 Å². The molecule has 6 heteroatoms. The molecule has 1 unspecified atom stereocenters. The fourth-order valence-electron chi connectivity index (χ4n) is 3.21. The zero-order valence-corrected chi connectivity index (χ0v) is 13.2. The molecule has 0 radical (unpaired) electrons. The van der Waals surface area contributed by atoms with E-state index in [0.29, 0.717) is 42.3 Å². The number of nitrogens with two attached hydrogens (primary N) is 2. The van der Waals surface area contributed by atoms with Crippen molar-refractivity contribution < 1.29 is 14.4 Å². The number of imide groups is 1. The van der Waals surface area contributed by atoms with E-state index in [1.807, 2.05) is 12.1 Å². The number of hydrogen-bond donors (Lipinski definition) is 2. The Balaban J connectivity index is 2.06. The predicted octanol–water partition coefficient (Wildman–Crippen LogP) is 1.42. The first-order valence-corrected chi connectivity index (χ1v) is 7.95. The molecule has 2 aromatic rings. The van der Waals surface area contributed by atoms with Crippen molar-refractivity contribution in [2.75, 3.05) is 6.54 Å². The zero-order valence-electron chi connectivity index (χ0n) is 13.2. The first-order chi connectivity index (χ1) is 11.6. The van der Waals surface area contributed by atoms with E-state index in [-0.39, 0.29) is 0 Å². The van der Waals surface area contributed by atoms with Crippen LogP contribution in [0, 0.1) is 0 Å². The SMILES string of the molecule is NCCCCC(C(N)=O)N1C(=O)c2cccc3cccc(c23)C1=O. The number of benzene rings is 2. The minimum atomic E-state index is -0.958. The summed E-state index contributed by atoms with van der Waals surface area (Å²) in [5.41, 5.74) is 11.8. The predicted molar refractivity (Wildman–Crippen MR) is 90.3 cm³/mol. The Labute approximate surface area is 139 Å². The van der Waals surface area contributed by atoms with Crippen LogP contribution in [0.1, 0.15) is 40.0 Å². The van der Waals surface area contributed by atoms with Gasteiger partial charge in [0, 0.05) is 16.5 Å². The number of unbranched alkanes of at least 4 members (excludes halogenated alkanes) is 1. The van der Waals surface area contributed by atoms with E-state index in [4.69, 9.17) is 11.5 Å². The molecule has 1 aliphatic rings. The monoisotopic (exact) mass is 325 g/mol. The lowest BCUT2D eigenvalue weighted by Crippen LogP contribution is -2.52. The smallest absolute Gasteiger partial charge is 0.262 e. The average molecular weight is 325 g/mol. The third kappa shape index (κ3) is 2.55. The van der Waals surface area contributed by atoms with Crippen LogP contribution in [0.5, 0.6) is 0 Å². The van der Waals surface area contributed by atoms with Crippen LogP contribution in [0.2, 0.25) is 0 Å². The molecule has 3 amide bonds. The van der Waals surface area contributed by atoms with Crippen LogP contribution >= 0.6 is 0 Å². The maximum atomic E-state index is 12.9. The summed E-state index contributed by atoms with van der Waals surface area (Å²) in [6, 6.07) is 9.62. The largest absolute Gasteiger partial charge is 0.368 e. The summed E-state index contributed by atoms with van der Waals surface area (Å²) in [7, 11) is 0. The Morgan fingerprint density at radius 1 is 1.00 bits per heavy atom. The fraction of sp³-hybridized carbons (Fsp3) is 0.278. The van der Waals surface area contributed by atoms with Gasteiger partial charge in [-0.1, -0.05) is 24.3 Å². The van der Waals surface area contributed by atoms with Crippen LogP contribution in [-0.2, 0) is 4.79 Å². The van der Waals surface area contributed by atoms with Crippen LogP contribution in [0.4, 0.5) is 0 Å². The maximum absolute atomic E-state index is 12.9. The molecule has 1 heterocycles. The number of hydrogen-bond acceptors (Lipinski definition) is 4. The molecule has 1 atom stereocenters. The Kier molecular flexibility index (Phi) is 4.31.